The Morgan fingerprint density at radius 2 is 1.80 bits per heavy atom. The van der Waals surface area contributed by atoms with Crippen LogP contribution in [0.2, 0.25) is 0 Å². The summed E-state index contributed by atoms with van der Waals surface area (Å²) in [5.74, 6) is -1.22. The van der Waals surface area contributed by atoms with Gasteiger partial charge in [-0.05, 0) is 37.5 Å². The summed E-state index contributed by atoms with van der Waals surface area (Å²) >= 11 is 0. The van der Waals surface area contributed by atoms with Crippen molar-refractivity contribution in [2.45, 2.75) is 57.3 Å². The molecule has 1 nitrogen and oxygen atoms in total. The smallest absolute Gasteiger partial charge is 0.307 e. The van der Waals surface area contributed by atoms with Crippen LogP contribution in [0, 0.1) is 5.82 Å². The average Bonchev–Trinajstić information content (AvgIpc) is 2.37. The molecule has 0 aliphatic heterocycles. The molecule has 0 atom stereocenters. The first-order chi connectivity index (χ1) is 9.30. The van der Waals surface area contributed by atoms with Crippen molar-refractivity contribution in [2.75, 3.05) is 0 Å². The molecule has 0 spiro atoms. The van der Waals surface area contributed by atoms with Crippen molar-refractivity contribution in [3.05, 3.63) is 35.1 Å². The van der Waals surface area contributed by atoms with E-state index in [9.17, 15) is 17.6 Å². The van der Waals surface area contributed by atoms with Gasteiger partial charge in [0.25, 0.3) is 0 Å². The predicted octanol–water partition coefficient (Wildman–Crippen LogP) is 4.66. The molecule has 0 bridgehead atoms. The number of nitrogens with one attached hydrogen (secondary N) is 1. The quantitative estimate of drug-likeness (QED) is 0.798. The monoisotopic (exact) mass is 289 g/mol. The molecule has 0 aromatic heterocycles. The third-order valence-corrected chi connectivity index (χ3v) is 4.01. The Bertz CT molecular complexity index is 461. The fourth-order valence-corrected chi connectivity index (χ4v) is 2.72. The van der Waals surface area contributed by atoms with Gasteiger partial charge < -0.3 is 5.32 Å². The van der Waals surface area contributed by atoms with Crippen LogP contribution in [0.3, 0.4) is 0 Å². The fraction of sp³-hybridized carbons (Fsp3) is 0.600. The van der Waals surface area contributed by atoms with Gasteiger partial charge in [-0.1, -0.05) is 25.3 Å². The SMILES string of the molecule is CC1(NCc2ccc(F)c(C(F)(F)F)c2)CCCCC1. The van der Waals surface area contributed by atoms with Crippen LogP contribution in [0.4, 0.5) is 17.6 Å². The highest BCUT2D eigenvalue weighted by Gasteiger charge is 2.34. The second-order valence-corrected chi connectivity index (χ2v) is 5.79. The molecular formula is C15H19F4N. The van der Waals surface area contributed by atoms with Crippen LogP contribution in [-0.4, -0.2) is 5.54 Å². The minimum atomic E-state index is -4.64. The lowest BCUT2D eigenvalue weighted by molar-refractivity contribution is -0.140. The van der Waals surface area contributed by atoms with Crippen molar-refractivity contribution in [1.82, 2.24) is 5.32 Å². The minimum absolute atomic E-state index is 0.0228. The van der Waals surface area contributed by atoms with E-state index in [1.165, 1.54) is 12.5 Å². The zero-order valence-corrected chi connectivity index (χ0v) is 11.5. The summed E-state index contributed by atoms with van der Waals surface area (Å²) in [5.41, 5.74) is -0.749. The highest BCUT2D eigenvalue weighted by Crippen LogP contribution is 2.32. The molecule has 1 saturated carbocycles. The highest BCUT2D eigenvalue weighted by molar-refractivity contribution is 5.27. The first-order valence-corrected chi connectivity index (χ1v) is 6.91. The molecule has 0 heterocycles. The lowest BCUT2D eigenvalue weighted by Gasteiger charge is -2.35. The molecule has 5 heteroatoms. The number of alkyl halides is 3. The van der Waals surface area contributed by atoms with Gasteiger partial charge in [-0.25, -0.2) is 4.39 Å². The average molecular weight is 289 g/mol. The topological polar surface area (TPSA) is 12.0 Å². The normalized spacial score (nSPS) is 19.1. The van der Waals surface area contributed by atoms with Gasteiger partial charge >= 0.3 is 6.18 Å². The van der Waals surface area contributed by atoms with E-state index in [0.717, 1.165) is 37.8 Å². The van der Waals surface area contributed by atoms with E-state index in [0.29, 0.717) is 12.1 Å². The first kappa shape index (κ1) is 15.3. The standard InChI is InChI=1S/C15H19F4N/c1-14(7-3-2-4-8-14)20-10-11-5-6-13(16)12(9-11)15(17,18)19/h5-6,9,20H,2-4,7-8,10H2,1H3. The van der Waals surface area contributed by atoms with Crippen molar-refractivity contribution in [3.8, 4) is 0 Å². The van der Waals surface area contributed by atoms with Crippen LogP contribution in [0.25, 0.3) is 0 Å². The summed E-state index contributed by atoms with van der Waals surface area (Å²) in [6, 6.07) is 3.20. The van der Waals surface area contributed by atoms with Gasteiger partial charge in [-0.15, -0.1) is 0 Å². The first-order valence-electron chi connectivity index (χ1n) is 6.91. The van der Waals surface area contributed by atoms with Crippen molar-refractivity contribution >= 4 is 0 Å². The van der Waals surface area contributed by atoms with Crippen molar-refractivity contribution in [2.24, 2.45) is 0 Å². The van der Waals surface area contributed by atoms with E-state index >= 15 is 0 Å². The Morgan fingerprint density at radius 1 is 1.15 bits per heavy atom. The van der Waals surface area contributed by atoms with Gasteiger partial charge in [-0.3, -0.25) is 0 Å². The summed E-state index contributed by atoms with van der Waals surface area (Å²) in [4.78, 5) is 0. The summed E-state index contributed by atoms with van der Waals surface area (Å²) in [6.45, 7) is 2.43. The zero-order chi connectivity index (χ0) is 14.8. The lowest BCUT2D eigenvalue weighted by Crippen LogP contribution is -2.43. The van der Waals surface area contributed by atoms with E-state index in [1.54, 1.807) is 0 Å². The van der Waals surface area contributed by atoms with E-state index in [1.807, 2.05) is 0 Å². The fourth-order valence-electron chi connectivity index (χ4n) is 2.72. The van der Waals surface area contributed by atoms with E-state index in [-0.39, 0.29) is 5.54 Å². The Balaban J connectivity index is 2.06. The molecule has 1 aromatic carbocycles. The Kier molecular flexibility index (Phi) is 4.37. The summed E-state index contributed by atoms with van der Waals surface area (Å²) in [6.07, 6.45) is 0.906. The van der Waals surface area contributed by atoms with Gasteiger partial charge in [-0.2, -0.15) is 13.2 Å². The Hall–Kier alpha value is -1.10. The molecule has 1 aliphatic rings. The maximum atomic E-state index is 13.2. The Morgan fingerprint density at radius 3 is 2.40 bits per heavy atom. The van der Waals surface area contributed by atoms with Gasteiger partial charge in [0, 0.05) is 12.1 Å². The molecule has 1 aliphatic carbocycles. The van der Waals surface area contributed by atoms with Gasteiger partial charge in [0.1, 0.15) is 5.82 Å². The largest absolute Gasteiger partial charge is 0.419 e. The lowest BCUT2D eigenvalue weighted by atomic mass is 9.83. The number of hydrogen-bond acceptors (Lipinski definition) is 1. The molecule has 20 heavy (non-hydrogen) atoms. The molecule has 0 amide bonds. The van der Waals surface area contributed by atoms with Crippen LogP contribution in [0.15, 0.2) is 18.2 Å². The van der Waals surface area contributed by atoms with Crippen molar-refractivity contribution in [1.29, 1.82) is 0 Å². The molecule has 1 N–H and O–H groups in total. The van der Waals surface area contributed by atoms with E-state index in [4.69, 9.17) is 0 Å². The van der Waals surface area contributed by atoms with Gasteiger partial charge in [0.15, 0.2) is 0 Å². The van der Waals surface area contributed by atoms with Gasteiger partial charge in [0.05, 0.1) is 5.56 Å². The molecule has 0 radical (unpaired) electrons. The van der Waals surface area contributed by atoms with Crippen molar-refractivity contribution in [3.63, 3.8) is 0 Å². The number of benzene rings is 1. The van der Waals surface area contributed by atoms with Gasteiger partial charge in [0.2, 0.25) is 0 Å². The van der Waals surface area contributed by atoms with Crippen LogP contribution in [-0.2, 0) is 12.7 Å². The molecule has 1 fully saturated rings. The van der Waals surface area contributed by atoms with E-state index < -0.39 is 17.6 Å². The maximum Gasteiger partial charge on any atom is 0.419 e. The highest BCUT2D eigenvalue weighted by atomic mass is 19.4. The Labute approximate surface area is 116 Å². The predicted molar refractivity (Wildman–Crippen MR) is 69.7 cm³/mol. The van der Waals surface area contributed by atoms with E-state index in [2.05, 4.69) is 12.2 Å². The second kappa shape index (κ2) is 5.72. The number of halogens is 4. The van der Waals surface area contributed by atoms with Crippen LogP contribution < -0.4 is 5.32 Å². The molecule has 0 unspecified atom stereocenters. The third-order valence-electron chi connectivity index (χ3n) is 4.01. The summed E-state index contributed by atoms with van der Waals surface area (Å²) in [5, 5.41) is 3.32. The molecular weight excluding hydrogens is 270 g/mol. The summed E-state index contributed by atoms with van der Waals surface area (Å²) < 4.78 is 51.1. The number of hydrogen-bond donors (Lipinski definition) is 1. The molecule has 1 aromatic rings. The molecule has 0 saturated heterocycles. The second-order valence-electron chi connectivity index (χ2n) is 5.79. The third kappa shape index (κ3) is 3.72. The molecule has 2 rings (SSSR count). The van der Waals surface area contributed by atoms with Crippen LogP contribution in [0.5, 0.6) is 0 Å². The maximum absolute atomic E-state index is 13.2. The molecule has 112 valence electrons. The van der Waals surface area contributed by atoms with Crippen LogP contribution >= 0.6 is 0 Å². The number of rotatable bonds is 3. The van der Waals surface area contributed by atoms with Crippen LogP contribution in [0.1, 0.15) is 50.2 Å². The summed E-state index contributed by atoms with van der Waals surface area (Å²) in [7, 11) is 0. The van der Waals surface area contributed by atoms with Crippen molar-refractivity contribution < 1.29 is 17.6 Å². The zero-order valence-electron chi connectivity index (χ0n) is 11.5. The minimum Gasteiger partial charge on any atom is -0.307 e.